The normalized spacial score (nSPS) is 11.8. The van der Waals surface area contributed by atoms with E-state index in [0.29, 0.717) is 11.8 Å². The molecule has 25 aromatic carbocycles. The summed E-state index contributed by atoms with van der Waals surface area (Å²) in [7, 11) is 0. The largest absolute Gasteiger partial charge is 0.456 e. The van der Waals surface area contributed by atoms with Gasteiger partial charge in [0.2, 0.25) is 11.8 Å². The number of aromatic nitrogens is 3. The molecule has 0 atom stereocenters. The van der Waals surface area contributed by atoms with Crippen molar-refractivity contribution in [3.8, 4) is 55.7 Å². The first kappa shape index (κ1) is 85.9. The van der Waals surface area contributed by atoms with Gasteiger partial charge in [-0.2, -0.15) is 0 Å². The van der Waals surface area contributed by atoms with Gasteiger partial charge in [-0.05, 0) is 263 Å². The van der Waals surface area contributed by atoms with Crippen LogP contribution in [0, 0.1) is 0 Å². The van der Waals surface area contributed by atoms with E-state index < -0.39 is 0 Å². The zero-order valence-electron chi connectivity index (χ0n) is 80.1. The minimum absolute atomic E-state index is 0.621. The van der Waals surface area contributed by atoms with Gasteiger partial charge in [-0.3, -0.25) is 0 Å². The van der Waals surface area contributed by atoms with Gasteiger partial charge in [0.25, 0.3) is 0 Å². The Balaban J connectivity index is 0.000000105. The average molecular weight is 1930 g/mol. The summed E-state index contributed by atoms with van der Waals surface area (Å²) in [5, 5.41) is 26.1. The summed E-state index contributed by atoms with van der Waals surface area (Å²) in [5.74, 6) is 1.25. The van der Waals surface area contributed by atoms with Crippen molar-refractivity contribution in [1.82, 2.24) is 15.0 Å². The number of rotatable bonds is 14. The van der Waals surface area contributed by atoms with Crippen molar-refractivity contribution in [1.29, 1.82) is 0 Å². The van der Waals surface area contributed by atoms with E-state index in [4.69, 9.17) is 37.0 Å². The minimum atomic E-state index is 0.621. The van der Waals surface area contributed by atoms with Gasteiger partial charge in [-0.25, -0.2) is 15.0 Å². The first-order chi connectivity index (χ1) is 73.8. The molecule has 11 nitrogen and oxygen atoms in total. The summed E-state index contributed by atoms with van der Waals surface area (Å²) in [6.07, 6.45) is 0. The molecule has 0 aliphatic carbocycles. The van der Waals surface area contributed by atoms with Crippen LogP contribution in [0.1, 0.15) is 0 Å². The van der Waals surface area contributed by atoms with Crippen molar-refractivity contribution in [2.24, 2.45) is 0 Å². The van der Waals surface area contributed by atoms with Crippen LogP contribution in [0.5, 0.6) is 0 Å². The number of hydrogen-bond acceptors (Lipinski definition) is 12. The lowest BCUT2D eigenvalue weighted by Crippen LogP contribution is -2.10. The maximum absolute atomic E-state index is 6.60. The number of nitrogens with zero attached hydrogens (tertiary/aromatic N) is 6. The fourth-order valence-corrected chi connectivity index (χ4v) is 23.2. The monoisotopic (exact) mass is 1920 g/mol. The van der Waals surface area contributed by atoms with Crippen LogP contribution in [-0.2, 0) is 0 Å². The number of furan rings is 3. The highest BCUT2D eigenvalue weighted by Crippen LogP contribution is 2.51. The molecule has 12 heteroatoms. The van der Waals surface area contributed by atoms with Crippen molar-refractivity contribution >= 4 is 247 Å². The summed E-state index contributed by atoms with van der Waals surface area (Å²) in [5.41, 5.74) is 26.9. The highest BCUT2D eigenvalue weighted by Gasteiger charge is 2.27. The van der Waals surface area contributed by atoms with Crippen LogP contribution in [0.3, 0.4) is 0 Å². The number of benzene rings is 25. The average Bonchev–Trinajstić information content (AvgIpc) is 1.69. The van der Waals surface area contributed by atoms with Crippen LogP contribution in [0.15, 0.2) is 532 Å². The summed E-state index contributed by atoms with van der Waals surface area (Å²) in [6.45, 7) is 0. The zero-order chi connectivity index (χ0) is 98.1. The van der Waals surface area contributed by atoms with Gasteiger partial charge in [0.1, 0.15) is 49.5 Å². The molecule has 6 heterocycles. The molecule has 0 amide bonds. The van der Waals surface area contributed by atoms with Crippen LogP contribution in [0.2, 0.25) is 0 Å². The molecular formula is C137H84N6O5S. The third-order valence-electron chi connectivity index (χ3n) is 29.1. The quantitative estimate of drug-likeness (QED) is 0.0970. The first-order valence-corrected chi connectivity index (χ1v) is 50.9. The number of fused-ring (bicyclic) bond motifs is 27. The highest BCUT2D eigenvalue weighted by atomic mass is 32.1. The molecule has 0 radical (unpaired) electrons. The predicted molar refractivity (Wildman–Crippen MR) is 621 cm³/mol. The van der Waals surface area contributed by atoms with Crippen molar-refractivity contribution in [3.05, 3.63) is 510 Å². The standard InChI is InChI=1S/C47H28N2O2.C45H26N2O2S.C45H30N2O/c1-2-10-31(11-3-1)47-48-41-24-21-30-19-18-29-20-22-33(27-39(29)45(30)46(41)51-47)49(34-23-25-44-40(28-34)38-16-8-9-17-43(38)50-44)42-26-32-12-4-5-13-35(32)36-14-6-7-15-37(36)42;1-2-8-28(9-3-1)45-46-38-22-16-27-14-15-29-24-30(17-20-33(29)43(27)44(38)50-45)47(31-19-23-41-37(25-31)35-11-5-7-13-40(35)48-41)32-18-21-36-34-10-4-6-12-39(34)49-42(36)26-32;1-4-12-31(13-5-1)36-18-10-20-38(28-36)47(39-21-11-19-37(29-39)32-14-6-2-7-15-32)40-26-24-33-22-23-34-25-27-42-44(43(34)41(33)30-40)48-45(46-42)35-16-8-3-9-17-35/h1-28H;1-26H;1-30H. The van der Waals surface area contributed by atoms with Gasteiger partial charge >= 0.3 is 0 Å². The van der Waals surface area contributed by atoms with Crippen molar-refractivity contribution < 1.29 is 22.1 Å². The molecular weight excluding hydrogens is 1840 g/mol. The lowest BCUT2D eigenvalue weighted by Gasteiger charge is -2.28. The van der Waals surface area contributed by atoms with Crippen molar-refractivity contribution in [2.75, 3.05) is 14.7 Å². The van der Waals surface area contributed by atoms with Gasteiger partial charge in [-0.1, -0.05) is 328 Å². The second kappa shape index (κ2) is 35.7. The second-order valence-corrected chi connectivity index (χ2v) is 38.9. The smallest absolute Gasteiger partial charge is 0.227 e. The number of para-hydroxylation sites is 3. The summed E-state index contributed by atoms with van der Waals surface area (Å²) in [4.78, 5) is 21.9. The van der Waals surface area contributed by atoms with Crippen molar-refractivity contribution in [3.63, 3.8) is 0 Å². The van der Waals surface area contributed by atoms with Gasteiger partial charge in [0.05, 0.1) is 15.9 Å². The van der Waals surface area contributed by atoms with E-state index >= 15 is 0 Å². The molecule has 149 heavy (non-hydrogen) atoms. The van der Waals surface area contributed by atoms with Crippen LogP contribution in [0.4, 0.5) is 51.2 Å². The molecule has 0 aliphatic rings. The van der Waals surface area contributed by atoms with Gasteiger partial charge in [-0.15, -0.1) is 11.3 Å². The highest BCUT2D eigenvalue weighted by molar-refractivity contribution is 7.22. The van der Waals surface area contributed by atoms with Crippen molar-refractivity contribution in [2.45, 2.75) is 0 Å². The lowest BCUT2D eigenvalue weighted by atomic mass is 9.97. The Morgan fingerprint density at radius 2 is 0.510 bits per heavy atom. The molecule has 6 aromatic heterocycles. The Hall–Kier alpha value is -19.8. The zero-order valence-corrected chi connectivity index (χ0v) is 80.9. The second-order valence-electron chi connectivity index (χ2n) is 37.9. The molecule has 698 valence electrons. The molecule has 0 aliphatic heterocycles. The van der Waals surface area contributed by atoms with E-state index in [0.717, 1.165) is 210 Å². The molecule has 31 aromatic rings. The number of hydrogen-bond donors (Lipinski definition) is 0. The predicted octanol–water partition coefficient (Wildman–Crippen LogP) is 39.6. The molecule has 0 fully saturated rings. The van der Waals surface area contributed by atoms with Crippen LogP contribution in [0.25, 0.3) is 240 Å². The third kappa shape index (κ3) is 15.1. The van der Waals surface area contributed by atoms with E-state index in [9.17, 15) is 0 Å². The van der Waals surface area contributed by atoms with E-state index in [2.05, 4.69) is 421 Å². The SMILES string of the molecule is c1ccc(-c2cccc(N(c3cccc(-c4ccccc4)c3)c3ccc4ccc5ccc6nc(-c7ccccc7)oc6c5c4c3)c2)cc1.c1ccc(-c2nc3ccc4ccc5cc(N(c6ccc7c(c6)oc6ccccc67)c6ccc7oc8ccccc8c7c6)ccc5c4c3s2)cc1.c1ccc(-c2nc3ccc4ccc5ccc(N(c6ccc7oc8ccccc8c7c6)c6cc7ccccc7c7ccccc67)cc5c4c3o2)cc1. The Morgan fingerprint density at radius 3 is 1.04 bits per heavy atom. The summed E-state index contributed by atoms with van der Waals surface area (Å²) >= 11 is 1.76. The lowest BCUT2D eigenvalue weighted by molar-refractivity contribution is 0.623. The number of oxazole rings is 2. The molecule has 0 N–H and O–H groups in total. The van der Waals surface area contributed by atoms with Crippen LogP contribution < -0.4 is 14.7 Å². The number of thiazole rings is 1. The molecule has 0 spiro atoms. The molecule has 0 bridgehead atoms. The Morgan fingerprint density at radius 1 is 0.168 bits per heavy atom. The summed E-state index contributed by atoms with van der Waals surface area (Å²) < 4.78 is 33.2. The fourth-order valence-electron chi connectivity index (χ4n) is 22.1. The van der Waals surface area contributed by atoms with Gasteiger partial charge in [0, 0.05) is 122 Å². The Kier molecular flexibility index (Phi) is 20.6. The van der Waals surface area contributed by atoms with E-state index in [1.54, 1.807) is 11.3 Å². The maximum atomic E-state index is 6.60. The molecule has 0 unspecified atom stereocenters. The van der Waals surface area contributed by atoms with Gasteiger partial charge in [0.15, 0.2) is 11.2 Å². The molecule has 0 saturated heterocycles. The fraction of sp³-hybridized carbons (Fsp3) is 0. The minimum Gasteiger partial charge on any atom is -0.456 e. The topological polar surface area (TPSA) is 114 Å². The Labute approximate surface area is 857 Å². The van der Waals surface area contributed by atoms with Gasteiger partial charge < -0.3 is 36.8 Å². The third-order valence-corrected chi connectivity index (χ3v) is 30.3. The van der Waals surface area contributed by atoms with Crippen LogP contribution in [-0.4, -0.2) is 15.0 Å². The molecule has 0 saturated carbocycles. The first-order valence-electron chi connectivity index (χ1n) is 50.1. The maximum Gasteiger partial charge on any atom is 0.227 e. The molecule has 31 rings (SSSR count). The summed E-state index contributed by atoms with van der Waals surface area (Å²) in [6, 6.07) is 179. The van der Waals surface area contributed by atoms with E-state index in [1.165, 1.54) is 70.0 Å². The number of anilines is 9. The van der Waals surface area contributed by atoms with Crippen LogP contribution >= 0.6 is 11.3 Å². The van der Waals surface area contributed by atoms with E-state index in [1.807, 2.05) is 103 Å². The Bertz CT molecular complexity index is 10700. The van der Waals surface area contributed by atoms with E-state index in [-0.39, 0.29) is 0 Å².